The highest BCUT2D eigenvalue weighted by Gasteiger charge is 2.72. The van der Waals surface area contributed by atoms with Crippen LogP contribution in [0.1, 0.15) is 60.1 Å². The highest BCUT2D eigenvalue weighted by Crippen LogP contribution is 2.55. The molecule has 2 aromatic rings. The third kappa shape index (κ3) is 5.28. The number of fused-ring (bicyclic) bond motifs is 3. The summed E-state index contributed by atoms with van der Waals surface area (Å²) in [5.74, 6) is -15.2. The highest BCUT2D eigenvalue weighted by atomic mass is 16.3. The number of rotatable bonds is 9. The van der Waals surface area contributed by atoms with Crippen LogP contribution in [0.3, 0.4) is 0 Å². The molecule has 14 heteroatoms. The number of likely N-dealkylation sites (N-methyl/N-ethyl adjacent to an activating group) is 1. The fraction of sp³-hybridized carbons (Fsp3) is 0.471. The van der Waals surface area contributed by atoms with Gasteiger partial charge < -0.3 is 36.8 Å². The van der Waals surface area contributed by atoms with Crippen molar-refractivity contribution in [2.75, 3.05) is 26.0 Å². The van der Waals surface area contributed by atoms with E-state index in [0.717, 1.165) is 12.8 Å². The summed E-state index contributed by atoms with van der Waals surface area (Å²) in [5, 5.41) is 50.5. The Bertz CT molecular complexity index is 1690. The molecule has 0 saturated heterocycles. The molecule has 9 atom stereocenters. The van der Waals surface area contributed by atoms with Gasteiger partial charge in [-0.1, -0.05) is 38.5 Å². The van der Waals surface area contributed by atoms with Gasteiger partial charge in [-0.3, -0.25) is 33.7 Å². The molecular formula is C34H40N4O10. The van der Waals surface area contributed by atoms with Gasteiger partial charge in [-0.15, -0.1) is 0 Å². The van der Waals surface area contributed by atoms with Crippen LogP contribution in [0.2, 0.25) is 0 Å². The van der Waals surface area contributed by atoms with Crippen molar-refractivity contribution in [3.8, 4) is 11.5 Å². The molecule has 14 nitrogen and oxygen atoms in total. The lowest BCUT2D eigenvalue weighted by molar-refractivity contribution is -0.196. The summed E-state index contributed by atoms with van der Waals surface area (Å²) in [4.78, 5) is 82.3. The number of Topliss-reactive ketones (excluding diaryl/α,β-unsaturated/α-hetero) is 4. The number of nitrogens with one attached hydrogen (secondary N) is 2. The van der Waals surface area contributed by atoms with Crippen molar-refractivity contribution in [1.29, 1.82) is 0 Å². The molecular weight excluding hydrogens is 624 g/mol. The Hall–Kier alpha value is -4.50. The Kier molecular flexibility index (Phi) is 9.32. The highest BCUT2D eigenvalue weighted by molar-refractivity contribution is 6.32. The van der Waals surface area contributed by atoms with E-state index in [1.807, 2.05) is 6.92 Å². The first-order valence-corrected chi connectivity index (χ1v) is 15.8. The van der Waals surface area contributed by atoms with Gasteiger partial charge in [0, 0.05) is 5.92 Å². The number of hydrogen-bond donors (Lipinski definition) is 7. The molecule has 0 spiro atoms. The quantitative estimate of drug-likeness (QED) is 0.108. The average molecular weight is 665 g/mol. The normalized spacial score (nSPS) is 30.4. The Balaban J connectivity index is 1.55. The lowest BCUT2D eigenvalue weighted by Gasteiger charge is -2.56. The van der Waals surface area contributed by atoms with Crippen molar-refractivity contribution in [1.82, 2.24) is 10.2 Å². The van der Waals surface area contributed by atoms with Crippen molar-refractivity contribution in [2.45, 2.75) is 56.4 Å². The van der Waals surface area contributed by atoms with Crippen LogP contribution in [0.25, 0.3) is 0 Å². The molecule has 2 aromatic carbocycles. The van der Waals surface area contributed by atoms with Crippen molar-refractivity contribution in [3.05, 3.63) is 53.1 Å². The number of benzene rings is 2. The van der Waals surface area contributed by atoms with E-state index in [0.29, 0.717) is 12.1 Å². The zero-order chi connectivity index (χ0) is 35.4. The van der Waals surface area contributed by atoms with Gasteiger partial charge in [-0.05, 0) is 62.3 Å². The maximum absolute atomic E-state index is 14.2. The number of ketones is 4. The number of carbonyl (C=O) groups excluding carboxylic acids is 6. The van der Waals surface area contributed by atoms with Crippen LogP contribution in [-0.2, 0) is 24.0 Å². The second kappa shape index (κ2) is 12.8. The number of unbranched alkanes of at least 4 members (excludes halogenated alkanes) is 1. The first-order valence-electron chi connectivity index (χ1n) is 15.8. The van der Waals surface area contributed by atoms with Crippen molar-refractivity contribution < 1.29 is 49.2 Å². The van der Waals surface area contributed by atoms with E-state index >= 15 is 0 Å². The molecule has 3 aliphatic carbocycles. The van der Waals surface area contributed by atoms with Crippen molar-refractivity contribution >= 4 is 40.6 Å². The van der Waals surface area contributed by atoms with E-state index < -0.39 is 94.1 Å². The topological polar surface area (TPSA) is 237 Å². The molecule has 3 aliphatic rings. The molecule has 0 bridgehead atoms. The van der Waals surface area contributed by atoms with Gasteiger partial charge in [0.25, 0.3) is 0 Å². The van der Waals surface area contributed by atoms with Gasteiger partial charge in [-0.25, -0.2) is 0 Å². The second-order valence-electron chi connectivity index (χ2n) is 13.1. The summed E-state index contributed by atoms with van der Waals surface area (Å²) in [6, 6.07) is 6.48. The number of carbonyl (C=O) groups is 6. The van der Waals surface area contributed by atoms with E-state index in [9.17, 15) is 49.2 Å². The van der Waals surface area contributed by atoms with E-state index in [4.69, 9.17) is 5.73 Å². The number of amides is 2. The standard InChI is InChI=1S/C34H40N4O10/c1-5-6-13-36-24(15-7-9-16(39)10-8-15)33(47)37-18-12-11-17-14(2)19-21(27(41)20(17)26(18)40)30(44)34(48)23(28(19)42)25(38(3)4)29(43)22(31(34)45)32(35)46/h7-12,14,19,21-25,28,36,39-40,42,48H,5-6,13H2,1-4H3,(H2,35,46)(H,37,47)/t14?,19?,21?,22?,23?,24?,25-,28?,34-/m0/s1. The Morgan fingerprint density at radius 1 is 1.02 bits per heavy atom. The number of phenolic OH excluding ortho intramolecular Hbond substituents is 2. The number of nitrogens with zero attached hydrogens (tertiary/aromatic N) is 1. The molecule has 0 radical (unpaired) electrons. The molecule has 2 amide bonds. The number of hydrogen-bond acceptors (Lipinski definition) is 12. The predicted molar refractivity (Wildman–Crippen MR) is 170 cm³/mol. The van der Waals surface area contributed by atoms with Gasteiger partial charge in [0.15, 0.2) is 34.7 Å². The monoisotopic (exact) mass is 664 g/mol. The molecule has 0 aromatic heterocycles. The Morgan fingerprint density at radius 3 is 2.25 bits per heavy atom. The SMILES string of the molecule is CCCCNC(C(=O)Nc1ccc2c(c1O)C(=O)C1C(=O)[C@]3(O)C(=O)C(C(N)=O)C(=O)[C@@H](N(C)C)C3C(O)C1C2C)c1ccc(O)cc1. The predicted octanol–water partition coefficient (Wildman–Crippen LogP) is 0.174. The number of aliphatic hydroxyl groups excluding tert-OH is 1. The molecule has 48 heavy (non-hydrogen) atoms. The number of phenols is 2. The smallest absolute Gasteiger partial charge is 0.246 e. The molecule has 2 fully saturated rings. The Labute approximate surface area is 276 Å². The first-order chi connectivity index (χ1) is 22.6. The van der Waals surface area contributed by atoms with E-state index in [-0.39, 0.29) is 22.6 Å². The zero-order valence-electron chi connectivity index (χ0n) is 27.0. The number of aliphatic hydroxyl groups is 2. The summed E-state index contributed by atoms with van der Waals surface area (Å²) in [6.07, 6.45) is -0.129. The second-order valence-corrected chi connectivity index (χ2v) is 13.1. The van der Waals surface area contributed by atoms with Crippen LogP contribution in [0, 0.1) is 23.7 Å². The van der Waals surface area contributed by atoms with Gasteiger partial charge in [0.05, 0.1) is 35.2 Å². The molecule has 8 N–H and O–H groups in total. The molecule has 7 unspecified atom stereocenters. The number of primary amides is 1. The fourth-order valence-electron chi connectivity index (χ4n) is 7.75. The number of aromatic hydroxyl groups is 2. The number of anilines is 1. The molecule has 0 aliphatic heterocycles. The summed E-state index contributed by atoms with van der Waals surface area (Å²) >= 11 is 0. The Morgan fingerprint density at radius 2 is 1.67 bits per heavy atom. The van der Waals surface area contributed by atoms with Crippen molar-refractivity contribution in [3.63, 3.8) is 0 Å². The summed E-state index contributed by atoms with van der Waals surface area (Å²) in [5.41, 5.74) is 2.53. The minimum atomic E-state index is -3.11. The van der Waals surface area contributed by atoms with Gasteiger partial charge in [-0.2, -0.15) is 0 Å². The van der Waals surface area contributed by atoms with Gasteiger partial charge >= 0.3 is 0 Å². The molecule has 256 valence electrons. The van der Waals surface area contributed by atoms with E-state index in [1.54, 1.807) is 19.1 Å². The van der Waals surface area contributed by atoms with E-state index in [2.05, 4.69) is 10.6 Å². The summed E-state index contributed by atoms with van der Waals surface area (Å²) in [6.45, 7) is 4.07. The minimum absolute atomic E-state index is 0.00648. The first kappa shape index (κ1) is 34.8. The van der Waals surface area contributed by atoms with Crippen LogP contribution in [0.4, 0.5) is 5.69 Å². The largest absolute Gasteiger partial charge is 0.508 e. The van der Waals surface area contributed by atoms with Crippen molar-refractivity contribution in [2.24, 2.45) is 29.4 Å². The maximum Gasteiger partial charge on any atom is 0.246 e. The molecule has 2 saturated carbocycles. The van der Waals surface area contributed by atoms with E-state index in [1.165, 1.54) is 43.3 Å². The summed E-state index contributed by atoms with van der Waals surface area (Å²) < 4.78 is 0. The third-order valence-electron chi connectivity index (χ3n) is 10.1. The van der Waals surface area contributed by atoms with Gasteiger partial charge in [0.2, 0.25) is 11.8 Å². The van der Waals surface area contributed by atoms with Gasteiger partial charge in [0.1, 0.15) is 17.5 Å². The van der Waals surface area contributed by atoms with Crippen LogP contribution in [0.15, 0.2) is 36.4 Å². The third-order valence-corrected chi connectivity index (χ3v) is 10.1. The van der Waals surface area contributed by atoms with Crippen LogP contribution in [-0.4, -0.2) is 98.7 Å². The van der Waals surface area contributed by atoms with Crippen LogP contribution in [0.5, 0.6) is 11.5 Å². The minimum Gasteiger partial charge on any atom is -0.508 e. The van der Waals surface area contributed by atoms with Crippen LogP contribution >= 0.6 is 0 Å². The van der Waals surface area contributed by atoms with Crippen LogP contribution < -0.4 is 16.4 Å². The number of nitrogens with two attached hydrogens (primary N) is 1. The summed E-state index contributed by atoms with van der Waals surface area (Å²) in [7, 11) is 2.84. The zero-order valence-corrected chi connectivity index (χ0v) is 27.0. The molecule has 0 heterocycles. The molecule has 5 rings (SSSR count). The fourth-order valence-corrected chi connectivity index (χ4v) is 7.75. The lowest BCUT2D eigenvalue weighted by Crippen LogP contribution is -2.77. The lowest BCUT2D eigenvalue weighted by atomic mass is 9.49. The maximum atomic E-state index is 14.2. The average Bonchev–Trinajstić information content (AvgIpc) is 3.02.